The third kappa shape index (κ3) is 5.49. The molecule has 8 nitrogen and oxygen atoms in total. The van der Waals surface area contributed by atoms with Crippen LogP contribution in [0.1, 0.15) is 16.1 Å². The highest BCUT2D eigenvalue weighted by Crippen LogP contribution is 2.24. The fourth-order valence-corrected chi connectivity index (χ4v) is 4.15. The lowest BCUT2D eigenvalue weighted by Crippen LogP contribution is -2.32. The average molecular weight is 492 g/mol. The Morgan fingerprint density at radius 3 is 2.40 bits per heavy atom. The number of amides is 2. The van der Waals surface area contributed by atoms with Gasteiger partial charge in [-0.3, -0.25) is 14.3 Å². The van der Waals surface area contributed by atoms with Crippen molar-refractivity contribution in [1.82, 2.24) is 5.32 Å². The predicted molar refractivity (Wildman–Crippen MR) is 116 cm³/mol. The molecule has 0 atom stereocenters. The minimum atomic E-state index is -3.87. The van der Waals surface area contributed by atoms with E-state index in [1.807, 2.05) is 0 Å². The number of rotatable bonds is 7. The third-order valence-corrected chi connectivity index (χ3v) is 6.06. The molecule has 0 aliphatic heterocycles. The monoisotopic (exact) mass is 491 g/mol. The molecule has 0 unspecified atom stereocenters. The van der Waals surface area contributed by atoms with Crippen LogP contribution in [0, 0.1) is 6.92 Å². The molecule has 30 heavy (non-hydrogen) atoms. The van der Waals surface area contributed by atoms with E-state index in [4.69, 9.17) is 4.42 Å². The summed E-state index contributed by atoms with van der Waals surface area (Å²) in [6, 6.07) is 14.3. The summed E-state index contributed by atoms with van der Waals surface area (Å²) in [5.74, 6) is -0.950. The Morgan fingerprint density at radius 1 is 1.03 bits per heavy atom. The summed E-state index contributed by atoms with van der Waals surface area (Å²) < 4.78 is 33.9. The first-order valence-electron chi connectivity index (χ1n) is 8.75. The minimum Gasteiger partial charge on any atom is -0.459 e. The van der Waals surface area contributed by atoms with E-state index in [1.54, 1.807) is 49.4 Å². The summed E-state index contributed by atoms with van der Waals surface area (Å²) in [6.07, 6.45) is 1.35. The van der Waals surface area contributed by atoms with Crippen LogP contribution in [0.3, 0.4) is 0 Å². The SMILES string of the molecule is Cc1ccc(NC(=O)CNC(=O)c2ccco2)cc1S(=O)(=O)Nc1ccc(Br)cc1. The Labute approximate surface area is 181 Å². The highest BCUT2D eigenvalue weighted by atomic mass is 79.9. The van der Waals surface area contributed by atoms with Gasteiger partial charge in [-0.05, 0) is 61.0 Å². The van der Waals surface area contributed by atoms with Crippen molar-refractivity contribution in [3.8, 4) is 0 Å². The van der Waals surface area contributed by atoms with Gasteiger partial charge in [0.2, 0.25) is 5.91 Å². The van der Waals surface area contributed by atoms with Crippen LogP contribution in [0.15, 0.2) is 74.6 Å². The van der Waals surface area contributed by atoms with Gasteiger partial charge >= 0.3 is 0 Å². The van der Waals surface area contributed by atoms with Gasteiger partial charge < -0.3 is 15.1 Å². The number of furan rings is 1. The molecule has 0 saturated heterocycles. The molecule has 3 N–H and O–H groups in total. The number of hydrogen-bond donors (Lipinski definition) is 3. The molecule has 10 heteroatoms. The van der Waals surface area contributed by atoms with Gasteiger partial charge in [-0.25, -0.2) is 8.42 Å². The van der Waals surface area contributed by atoms with Crippen molar-refractivity contribution in [3.63, 3.8) is 0 Å². The zero-order chi connectivity index (χ0) is 21.7. The van der Waals surface area contributed by atoms with Crippen molar-refractivity contribution in [2.75, 3.05) is 16.6 Å². The average Bonchev–Trinajstić information content (AvgIpc) is 3.24. The third-order valence-electron chi connectivity index (χ3n) is 4.01. The zero-order valence-corrected chi connectivity index (χ0v) is 18.2. The standard InChI is InChI=1S/C20H18BrN3O5S/c1-13-4-7-16(23-19(25)12-22-20(26)17-3-2-10-29-17)11-18(13)30(27,28)24-15-8-5-14(21)6-9-15/h2-11,24H,12H2,1H3,(H,22,26)(H,23,25). The first-order chi connectivity index (χ1) is 14.2. The second kappa shape index (κ2) is 9.14. The van der Waals surface area contributed by atoms with E-state index in [1.165, 1.54) is 18.4 Å². The van der Waals surface area contributed by atoms with Crippen LogP contribution in [-0.4, -0.2) is 26.8 Å². The van der Waals surface area contributed by atoms with Crippen LogP contribution in [0.25, 0.3) is 0 Å². The number of aryl methyl sites for hydroxylation is 1. The summed E-state index contributed by atoms with van der Waals surface area (Å²) in [7, 11) is -3.87. The Hall–Kier alpha value is -3.11. The lowest BCUT2D eigenvalue weighted by atomic mass is 10.2. The maximum atomic E-state index is 12.8. The first kappa shape index (κ1) is 21.6. The molecule has 0 spiro atoms. The Kier molecular flexibility index (Phi) is 6.58. The molecule has 2 amide bonds. The van der Waals surface area contributed by atoms with E-state index < -0.39 is 21.8 Å². The molecule has 156 valence electrons. The van der Waals surface area contributed by atoms with Gasteiger partial charge in [0.15, 0.2) is 5.76 Å². The summed E-state index contributed by atoms with van der Waals surface area (Å²) in [6.45, 7) is 1.36. The van der Waals surface area contributed by atoms with Crippen LogP contribution >= 0.6 is 15.9 Å². The van der Waals surface area contributed by atoms with E-state index in [0.717, 1.165) is 4.47 Å². The molecule has 0 aliphatic rings. The van der Waals surface area contributed by atoms with E-state index >= 15 is 0 Å². The fourth-order valence-electron chi connectivity index (χ4n) is 2.56. The number of hydrogen-bond acceptors (Lipinski definition) is 5. The highest BCUT2D eigenvalue weighted by molar-refractivity contribution is 9.10. The first-order valence-corrected chi connectivity index (χ1v) is 11.0. The normalized spacial score (nSPS) is 11.0. The van der Waals surface area contributed by atoms with Crippen LogP contribution in [-0.2, 0) is 14.8 Å². The Balaban J connectivity index is 1.68. The van der Waals surface area contributed by atoms with Crippen molar-refractivity contribution >= 4 is 49.1 Å². The molecule has 0 aliphatic carbocycles. The van der Waals surface area contributed by atoms with E-state index in [-0.39, 0.29) is 22.9 Å². The molecule has 3 rings (SSSR count). The number of nitrogens with one attached hydrogen (secondary N) is 3. The molecular weight excluding hydrogens is 474 g/mol. The smallest absolute Gasteiger partial charge is 0.287 e. The maximum absolute atomic E-state index is 12.8. The molecule has 1 aromatic heterocycles. The highest BCUT2D eigenvalue weighted by Gasteiger charge is 2.18. The quantitative estimate of drug-likeness (QED) is 0.467. The van der Waals surface area contributed by atoms with Gasteiger partial charge in [-0.1, -0.05) is 22.0 Å². The van der Waals surface area contributed by atoms with Crippen molar-refractivity contribution in [2.45, 2.75) is 11.8 Å². The summed E-state index contributed by atoms with van der Waals surface area (Å²) >= 11 is 3.30. The molecule has 2 aromatic carbocycles. The van der Waals surface area contributed by atoms with Gasteiger partial charge in [-0.15, -0.1) is 0 Å². The lowest BCUT2D eigenvalue weighted by molar-refractivity contribution is -0.115. The van der Waals surface area contributed by atoms with Crippen LogP contribution in [0.5, 0.6) is 0 Å². The summed E-state index contributed by atoms with van der Waals surface area (Å²) in [5, 5.41) is 4.99. The van der Waals surface area contributed by atoms with E-state index in [9.17, 15) is 18.0 Å². The van der Waals surface area contributed by atoms with Crippen molar-refractivity contribution in [3.05, 3.63) is 76.7 Å². The van der Waals surface area contributed by atoms with Gasteiger partial charge in [-0.2, -0.15) is 0 Å². The topological polar surface area (TPSA) is 118 Å². The summed E-state index contributed by atoms with van der Waals surface area (Å²) in [4.78, 5) is 24.0. The second-order valence-corrected chi connectivity index (χ2v) is 8.87. The minimum absolute atomic E-state index is 0.0304. The fraction of sp³-hybridized carbons (Fsp3) is 0.100. The predicted octanol–water partition coefficient (Wildman–Crippen LogP) is 3.52. The molecule has 0 radical (unpaired) electrons. The maximum Gasteiger partial charge on any atom is 0.287 e. The van der Waals surface area contributed by atoms with Gasteiger partial charge in [0.1, 0.15) is 0 Å². The number of sulfonamides is 1. The number of halogens is 1. The van der Waals surface area contributed by atoms with Gasteiger partial charge in [0, 0.05) is 15.8 Å². The number of carbonyl (C=O) groups excluding carboxylic acids is 2. The number of anilines is 2. The molecule has 0 saturated carbocycles. The van der Waals surface area contributed by atoms with E-state index in [2.05, 4.69) is 31.3 Å². The summed E-state index contributed by atoms with van der Waals surface area (Å²) in [5.41, 5.74) is 1.21. The molecule has 1 heterocycles. The molecule has 3 aromatic rings. The Bertz CT molecular complexity index is 1160. The lowest BCUT2D eigenvalue weighted by Gasteiger charge is -2.13. The molecule has 0 fully saturated rings. The van der Waals surface area contributed by atoms with Gasteiger partial charge in [0.05, 0.1) is 17.7 Å². The Morgan fingerprint density at radius 2 is 1.73 bits per heavy atom. The molecular formula is C20H18BrN3O5S. The van der Waals surface area contributed by atoms with Crippen LogP contribution in [0.4, 0.5) is 11.4 Å². The van der Waals surface area contributed by atoms with Crippen molar-refractivity contribution in [1.29, 1.82) is 0 Å². The van der Waals surface area contributed by atoms with Gasteiger partial charge in [0.25, 0.3) is 15.9 Å². The zero-order valence-electron chi connectivity index (χ0n) is 15.8. The largest absolute Gasteiger partial charge is 0.459 e. The van der Waals surface area contributed by atoms with Crippen LogP contribution < -0.4 is 15.4 Å². The number of carbonyl (C=O) groups is 2. The van der Waals surface area contributed by atoms with E-state index in [0.29, 0.717) is 11.3 Å². The van der Waals surface area contributed by atoms with Crippen LogP contribution in [0.2, 0.25) is 0 Å². The van der Waals surface area contributed by atoms with Crippen molar-refractivity contribution < 1.29 is 22.4 Å². The second-order valence-electron chi connectivity index (χ2n) is 6.30. The molecule has 0 bridgehead atoms. The van der Waals surface area contributed by atoms with Crippen molar-refractivity contribution in [2.24, 2.45) is 0 Å². The number of benzene rings is 2.